The second kappa shape index (κ2) is 5.61. The number of aromatic nitrogens is 2. The predicted octanol–water partition coefficient (Wildman–Crippen LogP) is 3.86. The van der Waals surface area contributed by atoms with Crippen molar-refractivity contribution in [3.63, 3.8) is 0 Å². The maximum atomic E-state index is 13.8. The van der Waals surface area contributed by atoms with Gasteiger partial charge in [0, 0.05) is 11.8 Å². The van der Waals surface area contributed by atoms with Gasteiger partial charge in [0.15, 0.2) is 11.2 Å². The standard InChI is InChI=1S/C16H15FN2O2/c1-2-5-13(20)11-8-9-18-15-14(11)21-16(19-15)10-6-3-4-7-12(10)17/h3-4,6-9,13,20H,2,5H2,1H3. The largest absolute Gasteiger partial charge is 0.434 e. The molecule has 1 N–H and O–H groups in total. The fourth-order valence-corrected chi connectivity index (χ4v) is 2.29. The van der Waals surface area contributed by atoms with Gasteiger partial charge in [0.1, 0.15) is 5.82 Å². The number of aliphatic hydroxyl groups excluding tert-OH is 1. The number of aliphatic hydroxyl groups is 1. The molecule has 0 saturated carbocycles. The van der Waals surface area contributed by atoms with Crippen molar-refractivity contribution in [2.24, 2.45) is 0 Å². The van der Waals surface area contributed by atoms with Gasteiger partial charge in [-0.15, -0.1) is 0 Å². The van der Waals surface area contributed by atoms with Crippen LogP contribution in [0, 0.1) is 5.82 Å². The molecule has 5 heteroatoms. The third kappa shape index (κ3) is 2.52. The summed E-state index contributed by atoms with van der Waals surface area (Å²) in [6.45, 7) is 1.99. The molecule has 4 nitrogen and oxygen atoms in total. The molecule has 0 saturated heterocycles. The van der Waals surface area contributed by atoms with Gasteiger partial charge in [-0.3, -0.25) is 0 Å². The van der Waals surface area contributed by atoms with Gasteiger partial charge in [-0.25, -0.2) is 9.37 Å². The fraction of sp³-hybridized carbons (Fsp3) is 0.250. The van der Waals surface area contributed by atoms with Crippen LogP contribution in [0.15, 0.2) is 40.9 Å². The molecule has 0 radical (unpaired) electrons. The molecule has 0 amide bonds. The molecule has 108 valence electrons. The van der Waals surface area contributed by atoms with Crippen molar-refractivity contribution in [3.05, 3.63) is 47.9 Å². The Hall–Kier alpha value is -2.27. The number of fused-ring (bicyclic) bond motifs is 1. The summed E-state index contributed by atoms with van der Waals surface area (Å²) in [5, 5.41) is 10.2. The van der Waals surface area contributed by atoms with Crippen LogP contribution in [0.3, 0.4) is 0 Å². The lowest BCUT2D eigenvalue weighted by molar-refractivity contribution is 0.167. The van der Waals surface area contributed by atoms with E-state index in [9.17, 15) is 9.50 Å². The van der Waals surface area contributed by atoms with Crippen molar-refractivity contribution >= 4 is 11.2 Å². The SMILES string of the molecule is CCCC(O)c1ccnc2nc(-c3ccccc3F)oc12. The highest BCUT2D eigenvalue weighted by Gasteiger charge is 2.18. The highest BCUT2D eigenvalue weighted by Crippen LogP contribution is 2.30. The van der Waals surface area contributed by atoms with Crippen molar-refractivity contribution < 1.29 is 13.9 Å². The van der Waals surface area contributed by atoms with Crippen LogP contribution in [0.2, 0.25) is 0 Å². The second-order valence-corrected chi connectivity index (χ2v) is 4.86. The summed E-state index contributed by atoms with van der Waals surface area (Å²) >= 11 is 0. The maximum absolute atomic E-state index is 13.8. The molecule has 1 atom stereocenters. The first-order valence-electron chi connectivity index (χ1n) is 6.89. The van der Waals surface area contributed by atoms with Gasteiger partial charge in [-0.05, 0) is 24.6 Å². The molecular formula is C16H15FN2O2. The Morgan fingerprint density at radius 1 is 1.29 bits per heavy atom. The maximum Gasteiger partial charge on any atom is 0.231 e. The minimum Gasteiger partial charge on any atom is -0.434 e. The van der Waals surface area contributed by atoms with E-state index in [1.165, 1.54) is 6.07 Å². The number of halogens is 1. The Bertz CT molecular complexity index is 770. The first-order chi connectivity index (χ1) is 10.2. The molecule has 0 fully saturated rings. The Morgan fingerprint density at radius 3 is 2.86 bits per heavy atom. The highest BCUT2D eigenvalue weighted by molar-refractivity contribution is 5.76. The average Bonchev–Trinajstić information content (AvgIpc) is 2.91. The number of nitrogens with zero attached hydrogens (tertiary/aromatic N) is 2. The van der Waals surface area contributed by atoms with Gasteiger partial charge in [-0.1, -0.05) is 25.5 Å². The molecule has 0 aliphatic rings. The van der Waals surface area contributed by atoms with Crippen LogP contribution >= 0.6 is 0 Å². The van der Waals surface area contributed by atoms with E-state index in [0.29, 0.717) is 23.2 Å². The van der Waals surface area contributed by atoms with E-state index in [0.717, 1.165) is 6.42 Å². The summed E-state index contributed by atoms with van der Waals surface area (Å²) in [5.74, 6) is -0.230. The number of hydrogen-bond acceptors (Lipinski definition) is 4. The third-order valence-electron chi connectivity index (χ3n) is 3.35. The summed E-state index contributed by atoms with van der Waals surface area (Å²) < 4.78 is 19.5. The van der Waals surface area contributed by atoms with E-state index in [2.05, 4.69) is 9.97 Å². The average molecular weight is 286 g/mol. The lowest BCUT2D eigenvalue weighted by Crippen LogP contribution is -1.97. The molecular weight excluding hydrogens is 271 g/mol. The summed E-state index contributed by atoms with van der Waals surface area (Å²) in [6, 6.07) is 7.98. The van der Waals surface area contributed by atoms with Gasteiger partial charge < -0.3 is 9.52 Å². The summed E-state index contributed by atoms with van der Waals surface area (Å²) in [6.07, 6.45) is 2.40. The molecule has 21 heavy (non-hydrogen) atoms. The molecule has 0 spiro atoms. The van der Waals surface area contributed by atoms with Crippen molar-refractivity contribution in [3.8, 4) is 11.5 Å². The van der Waals surface area contributed by atoms with Crippen LogP contribution in [0.5, 0.6) is 0 Å². The molecule has 1 unspecified atom stereocenters. The normalized spacial score (nSPS) is 12.7. The Morgan fingerprint density at radius 2 is 2.10 bits per heavy atom. The first-order valence-corrected chi connectivity index (χ1v) is 6.89. The summed E-state index contributed by atoms with van der Waals surface area (Å²) in [4.78, 5) is 8.34. The molecule has 0 bridgehead atoms. The molecule has 2 heterocycles. The van der Waals surface area contributed by atoms with Gasteiger partial charge in [0.05, 0.1) is 11.7 Å². The van der Waals surface area contributed by atoms with Gasteiger partial charge in [0.2, 0.25) is 5.89 Å². The van der Waals surface area contributed by atoms with Crippen molar-refractivity contribution in [2.45, 2.75) is 25.9 Å². The molecule has 3 aromatic rings. The lowest BCUT2D eigenvalue weighted by Gasteiger charge is -2.08. The van der Waals surface area contributed by atoms with E-state index in [1.807, 2.05) is 6.92 Å². The van der Waals surface area contributed by atoms with E-state index in [1.54, 1.807) is 30.5 Å². The van der Waals surface area contributed by atoms with Gasteiger partial charge in [0.25, 0.3) is 0 Å². The predicted molar refractivity (Wildman–Crippen MR) is 77.1 cm³/mol. The monoisotopic (exact) mass is 286 g/mol. The number of rotatable bonds is 4. The van der Waals surface area contributed by atoms with Crippen molar-refractivity contribution in [1.29, 1.82) is 0 Å². The molecule has 3 rings (SSSR count). The lowest BCUT2D eigenvalue weighted by atomic mass is 10.1. The summed E-state index contributed by atoms with van der Waals surface area (Å²) in [7, 11) is 0. The van der Waals surface area contributed by atoms with E-state index >= 15 is 0 Å². The summed E-state index contributed by atoms with van der Waals surface area (Å²) in [5.41, 5.74) is 1.71. The van der Waals surface area contributed by atoms with E-state index in [4.69, 9.17) is 4.42 Å². The third-order valence-corrected chi connectivity index (χ3v) is 3.35. The van der Waals surface area contributed by atoms with Crippen LogP contribution in [-0.2, 0) is 0 Å². The van der Waals surface area contributed by atoms with Crippen molar-refractivity contribution in [2.75, 3.05) is 0 Å². The van der Waals surface area contributed by atoms with Gasteiger partial charge >= 0.3 is 0 Å². The van der Waals surface area contributed by atoms with Crippen LogP contribution < -0.4 is 0 Å². The quantitative estimate of drug-likeness (QED) is 0.791. The highest BCUT2D eigenvalue weighted by atomic mass is 19.1. The number of oxazole rings is 1. The van der Waals surface area contributed by atoms with E-state index < -0.39 is 11.9 Å². The number of pyridine rings is 1. The topological polar surface area (TPSA) is 59.2 Å². The van der Waals surface area contributed by atoms with Gasteiger partial charge in [-0.2, -0.15) is 4.98 Å². The number of benzene rings is 1. The minimum absolute atomic E-state index is 0.173. The Balaban J connectivity index is 2.12. The zero-order chi connectivity index (χ0) is 14.8. The first kappa shape index (κ1) is 13.7. The Kier molecular flexibility index (Phi) is 3.66. The zero-order valence-corrected chi connectivity index (χ0v) is 11.6. The molecule has 1 aromatic carbocycles. The second-order valence-electron chi connectivity index (χ2n) is 4.86. The zero-order valence-electron chi connectivity index (χ0n) is 11.6. The molecule has 0 aliphatic carbocycles. The van der Waals surface area contributed by atoms with Crippen molar-refractivity contribution in [1.82, 2.24) is 9.97 Å². The molecule has 0 aliphatic heterocycles. The van der Waals surface area contributed by atoms with Crippen LogP contribution in [0.4, 0.5) is 4.39 Å². The minimum atomic E-state index is -0.637. The van der Waals surface area contributed by atoms with E-state index in [-0.39, 0.29) is 11.5 Å². The smallest absolute Gasteiger partial charge is 0.231 e. The van der Waals surface area contributed by atoms with Crippen LogP contribution in [-0.4, -0.2) is 15.1 Å². The molecule has 2 aromatic heterocycles. The fourth-order valence-electron chi connectivity index (χ4n) is 2.29. The number of hydrogen-bond donors (Lipinski definition) is 1. The van der Waals surface area contributed by atoms with Crippen LogP contribution in [0.25, 0.3) is 22.7 Å². The van der Waals surface area contributed by atoms with Crippen LogP contribution in [0.1, 0.15) is 31.4 Å². The Labute approximate surface area is 121 Å².